The second-order valence-corrected chi connectivity index (χ2v) is 6.97. The van der Waals surface area contributed by atoms with Crippen molar-refractivity contribution >= 4 is 23.2 Å². The number of anilines is 2. The molecule has 2 amide bonds. The van der Waals surface area contributed by atoms with Gasteiger partial charge in [0.25, 0.3) is 11.8 Å². The van der Waals surface area contributed by atoms with Gasteiger partial charge in [-0.1, -0.05) is 0 Å². The molecule has 3 aromatic carbocycles. The first kappa shape index (κ1) is 24.6. The second kappa shape index (κ2) is 9.46. The van der Waals surface area contributed by atoms with Crippen LogP contribution in [0.1, 0.15) is 31.8 Å². The number of benzene rings is 3. The van der Waals surface area contributed by atoms with Crippen LogP contribution in [-0.4, -0.2) is 18.9 Å². The fourth-order valence-electron chi connectivity index (χ4n) is 2.91. The summed E-state index contributed by atoms with van der Waals surface area (Å²) in [6, 6.07) is 11.4. The van der Waals surface area contributed by atoms with Gasteiger partial charge in [0.15, 0.2) is 0 Å². The van der Waals surface area contributed by atoms with Crippen LogP contribution in [0.25, 0.3) is 0 Å². The molecule has 0 fully saturated rings. The first-order valence-corrected chi connectivity index (χ1v) is 9.54. The Morgan fingerprint density at radius 1 is 0.676 bits per heavy atom. The predicted molar refractivity (Wildman–Crippen MR) is 112 cm³/mol. The molecule has 0 aliphatic rings. The van der Waals surface area contributed by atoms with Crippen LogP contribution in [0.3, 0.4) is 0 Å². The molecule has 0 bridgehead atoms. The number of halogens is 6. The summed E-state index contributed by atoms with van der Waals surface area (Å²) in [5, 5.41) is 4.85. The maximum atomic E-state index is 12.7. The Labute approximate surface area is 189 Å². The quantitative estimate of drug-likeness (QED) is 0.424. The van der Waals surface area contributed by atoms with Gasteiger partial charge in [-0.2, -0.15) is 26.3 Å². The van der Waals surface area contributed by atoms with Crippen molar-refractivity contribution in [3.05, 3.63) is 89.0 Å². The Kier molecular flexibility index (Phi) is 6.85. The molecule has 0 atom stereocenters. The van der Waals surface area contributed by atoms with E-state index >= 15 is 0 Å². The van der Waals surface area contributed by atoms with Crippen LogP contribution in [0.2, 0.25) is 0 Å². The molecule has 2 N–H and O–H groups in total. The van der Waals surface area contributed by atoms with Gasteiger partial charge in [0.05, 0.1) is 23.8 Å². The van der Waals surface area contributed by atoms with E-state index in [4.69, 9.17) is 4.74 Å². The number of amides is 2. The van der Waals surface area contributed by atoms with E-state index in [0.717, 1.165) is 48.5 Å². The summed E-state index contributed by atoms with van der Waals surface area (Å²) in [6.45, 7) is 0. The van der Waals surface area contributed by atoms with Gasteiger partial charge >= 0.3 is 12.4 Å². The largest absolute Gasteiger partial charge is 0.496 e. The molecule has 0 unspecified atom stereocenters. The van der Waals surface area contributed by atoms with E-state index in [0.29, 0.717) is 0 Å². The number of hydrogen-bond acceptors (Lipinski definition) is 3. The summed E-state index contributed by atoms with van der Waals surface area (Å²) in [6.07, 6.45) is -9.05. The Morgan fingerprint density at radius 3 is 1.53 bits per heavy atom. The third-order valence-corrected chi connectivity index (χ3v) is 4.65. The van der Waals surface area contributed by atoms with Gasteiger partial charge in [0.2, 0.25) is 0 Å². The molecule has 0 aliphatic carbocycles. The van der Waals surface area contributed by atoms with Gasteiger partial charge in [-0.25, -0.2) is 0 Å². The zero-order valence-corrected chi connectivity index (χ0v) is 17.3. The molecular weight excluding hydrogens is 466 g/mol. The molecule has 0 saturated heterocycles. The number of rotatable bonds is 5. The van der Waals surface area contributed by atoms with Crippen molar-refractivity contribution in [3.8, 4) is 5.75 Å². The molecular formula is C23H16F6N2O3. The van der Waals surface area contributed by atoms with Crippen molar-refractivity contribution in [1.29, 1.82) is 0 Å². The average molecular weight is 482 g/mol. The molecule has 11 heteroatoms. The molecule has 0 heterocycles. The molecule has 0 radical (unpaired) electrons. The Hall–Kier alpha value is -4.02. The highest BCUT2D eigenvalue weighted by Gasteiger charge is 2.31. The van der Waals surface area contributed by atoms with Crippen molar-refractivity contribution in [3.63, 3.8) is 0 Å². The lowest BCUT2D eigenvalue weighted by molar-refractivity contribution is -0.138. The van der Waals surface area contributed by atoms with Crippen LogP contribution < -0.4 is 15.4 Å². The van der Waals surface area contributed by atoms with Crippen molar-refractivity contribution < 1.29 is 40.7 Å². The zero-order chi connectivity index (χ0) is 25.1. The molecule has 178 valence electrons. The molecule has 5 nitrogen and oxygen atoms in total. The lowest BCUT2D eigenvalue weighted by Crippen LogP contribution is -2.17. The van der Waals surface area contributed by atoms with Crippen LogP contribution in [0.15, 0.2) is 66.7 Å². The van der Waals surface area contributed by atoms with Crippen LogP contribution in [0, 0.1) is 0 Å². The summed E-state index contributed by atoms with van der Waals surface area (Å²) < 4.78 is 81.3. The molecule has 3 rings (SSSR count). The fraction of sp³-hybridized carbons (Fsp3) is 0.130. The minimum absolute atomic E-state index is 0.00160. The summed E-state index contributed by atoms with van der Waals surface area (Å²) in [5.41, 5.74) is -1.66. The normalized spacial score (nSPS) is 11.6. The average Bonchev–Trinajstić information content (AvgIpc) is 2.78. The lowest BCUT2D eigenvalue weighted by atomic mass is 10.1. The zero-order valence-electron chi connectivity index (χ0n) is 17.3. The highest BCUT2D eigenvalue weighted by Crippen LogP contribution is 2.31. The first-order chi connectivity index (χ1) is 15.9. The van der Waals surface area contributed by atoms with E-state index in [2.05, 4.69) is 10.6 Å². The van der Waals surface area contributed by atoms with Crippen molar-refractivity contribution in [2.24, 2.45) is 0 Å². The number of hydrogen-bond donors (Lipinski definition) is 2. The summed E-state index contributed by atoms with van der Waals surface area (Å²) >= 11 is 0. The van der Waals surface area contributed by atoms with E-state index in [9.17, 15) is 35.9 Å². The SMILES string of the molecule is COc1ccc(C(=O)Nc2ccc(C(F)(F)F)cc2)cc1C(=O)Nc1ccc(C(F)(F)F)cc1. The maximum Gasteiger partial charge on any atom is 0.416 e. The van der Waals surface area contributed by atoms with Gasteiger partial charge in [-0.05, 0) is 66.7 Å². The third-order valence-electron chi connectivity index (χ3n) is 4.65. The summed E-state index contributed by atoms with van der Waals surface area (Å²) in [5.74, 6) is -1.36. The molecule has 3 aromatic rings. The summed E-state index contributed by atoms with van der Waals surface area (Å²) in [4.78, 5) is 25.2. The van der Waals surface area contributed by atoms with Crippen molar-refractivity contribution in [2.75, 3.05) is 17.7 Å². The predicted octanol–water partition coefficient (Wildman–Crippen LogP) is 6.24. The highest BCUT2D eigenvalue weighted by molar-refractivity contribution is 6.10. The standard InChI is InChI=1S/C23H16F6N2O3/c1-34-19-11-2-13(20(32)30-16-7-3-14(4-8-16)22(24,25)26)12-18(19)21(33)31-17-9-5-15(6-10-17)23(27,28)29/h2-12H,1H3,(H,30,32)(H,31,33). The van der Waals surface area contributed by atoms with Crippen molar-refractivity contribution in [2.45, 2.75) is 12.4 Å². The molecule has 34 heavy (non-hydrogen) atoms. The van der Waals surface area contributed by atoms with Crippen LogP contribution in [0.5, 0.6) is 5.75 Å². The number of alkyl halides is 6. The second-order valence-electron chi connectivity index (χ2n) is 6.97. The van der Waals surface area contributed by atoms with Gasteiger partial charge < -0.3 is 15.4 Å². The van der Waals surface area contributed by atoms with Crippen LogP contribution >= 0.6 is 0 Å². The van der Waals surface area contributed by atoms with Gasteiger partial charge in [-0.3, -0.25) is 9.59 Å². The number of carbonyl (C=O) groups is 2. The fourth-order valence-corrected chi connectivity index (χ4v) is 2.91. The van der Waals surface area contributed by atoms with E-state index in [1.807, 2.05) is 0 Å². The number of carbonyl (C=O) groups excluding carboxylic acids is 2. The Morgan fingerprint density at radius 2 is 1.12 bits per heavy atom. The van der Waals surface area contributed by atoms with Gasteiger partial charge in [-0.15, -0.1) is 0 Å². The van der Waals surface area contributed by atoms with Gasteiger partial charge in [0, 0.05) is 16.9 Å². The Balaban J connectivity index is 1.78. The smallest absolute Gasteiger partial charge is 0.416 e. The van der Waals surface area contributed by atoms with Crippen molar-refractivity contribution in [1.82, 2.24) is 0 Å². The van der Waals surface area contributed by atoms with E-state index in [1.54, 1.807) is 0 Å². The number of nitrogens with one attached hydrogen (secondary N) is 2. The van der Waals surface area contributed by atoms with Crippen LogP contribution in [-0.2, 0) is 12.4 Å². The van der Waals surface area contributed by atoms with E-state index < -0.39 is 35.3 Å². The van der Waals surface area contributed by atoms with E-state index in [1.165, 1.54) is 25.3 Å². The first-order valence-electron chi connectivity index (χ1n) is 9.54. The Bertz CT molecular complexity index is 1190. The summed E-state index contributed by atoms with van der Waals surface area (Å²) in [7, 11) is 1.28. The molecule has 0 saturated carbocycles. The molecule has 0 spiro atoms. The third kappa shape index (κ3) is 5.85. The number of methoxy groups -OCH3 is 1. The minimum atomic E-state index is -4.53. The highest BCUT2D eigenvalue weighted by atomic mass is 19.4. The lowest BCUT2D eigenvalue weighted by Gasteiger charge is -2.13. The molecule has 0 aliphatic heterocycles. The van der Waals surface area contributed by atoms with Crippen LogP contribution in [0.4, 0.5) is 37.7 Å². The van der Waals surface area contributed by atoms with E-state index in [-0.39, 0.29) is 28.3 Å². The van der Waals surface area contributed by atoms with Gasteiger partial charge in [0.1, 0.15) is 5.75 Å². The number of ether oxygens (including phenoxy) is 1. The molecule has 0 aromatic heterocycles. The topological polar surface area (TPSA) is 67.4 Å². The minimum Gasteiger partial charge on any atom is -0.496 e. The maximum absolute atomic E-state index is 12.7. The monoisotopic (exact) mass is 482 g/mol.